The number of likely N-dealkylation sites (tertiary alicyclic amines) is 1. The van der Waals surface area contributed by atoms with Crippen LogP contribution in [0.1, 0.15) is 37.7 Å². The van der Waals surface area contributed by atoms with Crippen LogP contribution in [-0.2, 0) is 16.0 Å². The van der Waals surface area contributed by atoms with E-state index in [4.69, 9.17) is 9.47 Å². The summed E-state index contributed by atoms with van der Waals surface area (Å²) in [6.45, 7) is 4.39. The Kier molecular flexibility index (Phi) is 7.01. The fourth-order valence-electron chi connectivity index (χ4n) is 4.28. The third-order valence-electron chi connectivity index (χ3n) is 6.01. The molecule has 2 saturated heterocycles. The number of ether oxygens (including phenoxy) is 2. The van der Waals surface area contributed by atoms with Crippen LogP contribution in [0.4, 0.5) is 0 Å². The molecule has 2 heterocycles. The van der Waals surface area contributed by atoms with Crippen molar-refractivity contribution in [3.05, 3.63) is 48.0 Å². The van der Waals surface area contributed by atoms with Crippen molar-refractivity contribution in [1.82, 2.24) is 10.2 Å². The second kappa shape index (κ2) is 10.1. The van der Waals surface area contributed by atoms with Crippen LogP contribution in [0.25, 0.3) is 10.8 Å². The molecule has 5 nitrogen and oxygen atoms in total. The van der Waals surface area contributed by atoms with Crippen molar-refractivity contribution in [2.45, 2.75) is 50.9 Å². The Morgan fingerprint density at radius 1 is 1.10 bits per heavy atom. The predicted octanol–water partition coefficient (Wildman–Crippen LogP) is 3.97. The first kappa shape index (κ1) is 20.2. The van der Waals surface area contributed by atoms with Gasteiger partial charge in [-0.3, -0.25) is 4.99 Å². The van der Waals surface area contributed by atoms with Crippen molar-refractivity contribution in [2.24, 2.45) is 4.99 Å². The van der Waals surface area contributed by atoms with Crippen LogP contribution in [0.3, 0.4) is 0 Å². The second-order valence-corrected chi connectivity index (χ2v) is 8.09. The highest BCUT2D eigenvalue weighted by Gasteiger charge is 2.23. The average molecular weight is 396 g/mol. The number of guanidine groups is 1. The van der Waals surface area contributed by atoms with Gasteiger partial charge >= 0.3 is 0 Å². The highest BCUT2D eigenvalue weighted by Crippen LogP contribution is 2.19. The number of nitrogens with zero attached hydrogens (tertiary/aromatic N) is 2. The molecule has 1 atom stereocenters. The van der Waals surface area contributed by atoms with Gasteiger partial charge in [0.2, 0.25) is 0 Å². The van der Waals surface area contributed by atoms with Gasteiger partial charge in [0.15, 0.2) is 5.96 Å². The topological polar surface area (TPSA) is 46.1 Å². The van der Waals surface area contributed by atoms with E-state index in [1.807, 2.05) is 7.05 Å². The van der Waals surface area contributed by atoms with Crippen LogP contribution in [-0.4, -0.2) is 56.4 Å². The quantitative estimate of drug-likeness (QED) is 0.615. The number of nitrogens with one attached hydrogen (secondary N) is 1. The Morgan fingerprint density at radius 2 is 1.93 bits per heavy atom. The lowest BCUT2D eigenvalue weighted by atomic mass is 10.1. The minimum absolute atomic E-state index is 0.304. The second-order valence-electron chi connectivity index (χ2n) is 8.09. The van der Waals surface area contributed by atoms with E-state index in [1.54, 1.807) is 0 Å². The summed E-state index contributed by atoms with van der Waals surface area (Å²) in [5.41, 5.74) is 1.27. The minimum atomic E-state index is 0.304. The van der Waals surface area contributed by atoms with Crippen LogP contribution in [0.15, 0.2) is 47.5 Å². The molecule has 2 fully saturated rings. The molecule has 0 aromatic heterocycles. The lowest BCUT2D eigenvalue weighted by molar-refractivity contribution is -0.0721. The van der Waals surface area contributed by atoms with Gasteiger partial charge in [-0.15, -0.1) is 0 Å². The molecular formula is C24H33N3O2. The zero-order chi connectivity index (χ0) is 19.9. The molecule has 156 valence electrons. The van der Waals surface area contributed by atoms with E-state index in [2.05, 4.69) is 57.7 Å². The zero-order valence-electron chi connectivity index (χ0n) is 17.5. The molecule has 0 spiro atoms. The van der Waals surface area contributed by atoms with Crippen LogP contribution < -0.4 is 5.32 Å². The van der Waals surface area contributed by atoms with Gasteiger partial charge < -0.3 is 19.7 Å². The van der Waals surface area contributed by atoms with E-state index in [0.29, 0.717) is 12.2 Å². The van der Waals surface area contributed by atoms with E-state index in [-0.39, 0.29) is 0 Å². The van der Waals surface area contributed by atoms with Gasteiger partial charge in [-0.05, 0) is 54.5 Å². The first-order valence-electron chi connectivity index (χ1n) is 11.0. The van der Waals surface area contributed by atoms with E-state index < -0.39 is 0 Å². The fourth-order valence-corrected chi connectivity index (χ4v) is 4.28. The molecule has 4 rings (SSSR count). The predicted molar refractivity (Wildman–Crippen MR) is 118 cm³/mol. The molecule has 2 aromatic rings. The molecule has 0 amide bonds. The van der Waals surface area contributed by atoms with E-state index in [0.717, 1.165) is 58.1 Å². The molecule has 0 bridgehead atoms. The number of aliphatic imine (C=N–C) groups is 1. The van der Waals surface area contributed by atoms with Crippen LogP contribution in [0.2, 0.25) is 0 Å². The van der Waals surface area contributed by atoms with Crippen molar-refractivity contribution >= 4 is 16.7 Å². The number of benzene rings is 2. The summed E-state index contributed by atoms with van der Waals surface area (Å²) in [5, 5.41) is 6.09. The maximum Gasteiger partial charge on any atom is 0.193 e. The summed E-state index contributed by atoms with van der Waals surface area (Å²) in [5.74, 6) is 0.979. The Bertz CT molecular complexity index is 809. The molecule has 2 aliphatic heterocycles. The summed E-state index contributed by atoms with van der Waals surface area (Å²) in [6, 6.07) is 15.1. The third-order valence-corrected chi connectivity index (χ3v) is 6.01. The van der Waals surface area contributed by atoms with Crippen molar-refractivity contribution < 1.29 is 9.47 Å². The zero-order valence-corrected chi connectivity index (χ0v) is 17.5. The highest BCUT2D eigenvalue weighted by molar-refractivity contribution is 5.83. The van der Waals surface area contributed by atoms with Crippen molar-refractivity contribution in [3.63, 3.8) is 0 Å². The van der Waals surface area contributed by atoms with E-state index in [9.17, 15) is 0 Å². The summed E-state index contributed by atoms with van der Waals surface area (Å²) in [7, 11) is 1.87. The molecule has 0 aliphatic carbocycles. The van der Waals surface area contributed by atoms with Crippen molar-refractivity contribution in [1.29, 1.82) is 0 Å². The average Bonchev–Trinajstić information content (AvgIpc) is 2.79. The number of rotatable bonds is 5. The number of piperidine rings is 1. The lowest BCUT2D eigenvalue weighted by Crippen LogP contribution is -2.47. The van der Waals surface area contributed by atoms with Gasteiger partial charge in [0.05, 0.1) is 18.8 Å². The maximum atomic E-state index is 6.14. The first-order valence-corrected chi connectivity index (χ1v) is 11.0. The van der Waals surface area contributed by atoms with E-state index in [1.165, 1.54) is 29.2 Å². The Labute approximate surface area is 174 Å². The standard InChI is InChI=1S/C24H33N3O2/c1-25-24(26-17-19-9-10-20-6-2-3-7-21(20)16-19)27-13-11-22(12-14-27)29-18-23-8-4-5-15-28-23/h2-3,6-7,9-10,16,22-23H,4-5,8,11-15,17-18H2,1H3,(H,25,26). The largest absolute Gasteiger partial charge is 0.376 e. The van der Waals surface area contributed by atoms with Crippen LogP contribution in [0, 0.1) is 0 Å². The maximum absolute atomic E-state index is 6.14. The minimum Gasteiger partial charge on any atom is -0.376 e. The summed E-state index contributed by atoms with van der Waals surface area (Å²) >= 11 is 0. The number of fused-ring (bicyclic) bond motifs is 1. The molecule has 2 aromatic carbocycles. The Balaban J connectivity index is 1.23. The van der Waals surface area contributed by atoms with Gasteiger partial charge in [0.25, 0.3) is 0 Å². The van der Waals surface area contributed by atoms with Gasteiger partial charge in [0, 0.05) is 33.3 Å². The van der Waals surface area contributed by atoms with Gasteiger partial charge in [0.1, 0.15) is 0 Å². The van der Waals surface area contributed by atoms with Gasteiger partial charge in [-0.25, -0.2) is 0 Å². The van der Waals surface area contributed by atoms with Crippen LogP contribution >= 0.6 is 0 Å². The monoisotopic (exact) mass is 395 g/mol. The molecule has 2 aliphatic rings. The van der Waals surface area contributed by atoms with E-state index >= 15 is 0 Å². The Hall–Kier alpha value is -2.11. The highest BCUT2D eigenvalue weighted by atomic mass is 16.5. The molecule has 1 N–H and O–H groups in total. The molecule has 29 heavy (non-hydrogen) atoms. The summed E-state index contributed by atoms with van der Waals surface area (Å²) < 4.78 is 11.9. The summed E-state index contributed by atoms with van der Waals surface area (Å²) in [4.78, 5) is 6.85. The molecule has 0 saturated carbocycles. The third kappa shape index (κ3) is 5.49. The first-order chi connectivity index (χ1) is 14.3. The smallest absolute Gasteiger partial charge is 0.193 e. The fraction of sp³-hybridized carbons (Fsp3) is 0.542. The molecule has 0 radical (unpaired) electrons. The van der Waals surface area contributed by atoms with Gasteiger partial charge in [-0.2, -0.15) is 0 Å². The lowest BCUT2D eigenvalue weighted by Gasteiger charge is -2.35. The van der Waals surface area contributed by atoms with Crippen molar-refractivity contribution in [3.8, 4) is 0 Å². The summed E-state index contributed by atoms with van der Waals surface area (Å²) in [6.07, 6.45) is 6.34. The van der Waals surface area contributed by atoms with Crippen molar-refractivity contribution in [2.75, 3.05) is 33.4 Å². The van der Waals surface area contributed by atoms with Gasteiger partial charge in [-0.1, -0.05) is 36.4 Å². The molecular weight excluding hydrogens is 362 g/mol. The molecule has 5 heteroatoms. The molecule has 1 unspecified atom stereocenters. The number of hydrogen-bond donors (Lipinski definition) is 1. The SMILES string of the molecule is CN=C(NCc1ccc2ccccc2c1)N1CCC(OCC2CCCCO2)CC1. The normalized spacial score (nSPS) is 21.5. The van der Waals surface area contributed by atoms with Crippen LogP contribution in [0.5, 0.6) is 0 Å². The number of hydrogen-bond acceptors (Lipinski definition) is 3. The Morgan fingerprint density at radius 3 is 2.69 bits per heavy atom.